The van der Waals surface area contributed by atoms with Gasteiger partial charge >= 0.3 is 6.09 Å². The highest BCUT2D eigenvalue weighted by atomic mass is 35.5. The number of nitrogens with one attached hydrogen (secondary N) is 1. The summed E-state index contributed by atoms with van der Waals surface area (Å²) in [6.07, 6.45) is 1.43. The number of benzene rings is 1. The van der Waals surface area contributed by atoms with Gasteiger partial charge in [-0.1, -0.05) is 11.6 Å². The Balaban J connectivity index is 1.64. The topological polar surface area (TPSA) is 79.8 Å². The molecule has 27 heavy (non-hydrogen) atoms. The molecule has 2 aromatic rings. The van der Waals surface area contributed by atoms with Gasteiger partial charge in [-0.2, -0.15) is 4.98 Å². The minimum Gasteiger partial charge on any atom is -0.495 e. The fraction of sp³-hybridized carbons (Fsp3) is 0.389. The van der Waals surface area contributed by atoms with Crippen LogP contribution in [0.4, 0.5) is 22.2 Å². The molecule has 8 nitrogen and oxygen atoms in total. The molecular weight excluding hydrogens is 370 g/mol. The van der Waals surface area contributed by atoms with Gasteiger partial charge in [-0.3, -0.25) is 0 Å². The Kier molecular flexibility index (Phi) is 6.18. The van der Waals surface area contributed by atoms with E-state index in [4.69, 9.17) is 21.1 Å². The number of methoxy groups -OCH3 is 1. The second kappa shape index (κ2) is 8.77. The fourth-order valence-electron chi connectivity index (χ4n) is 2.77. The molecule has 2 heterocycles. The van der Waals surface area contributed by atoms with Gasteiger partial charge in [0.15, 0.2) is 0 Å². The smallest absolute Gasteiger partial charge is 0.409 e. The average Bonchev–Trinajstić information content (AvgIpc) is 2.69. The van der Waals surface area contributed by atoms with E-state index in [9.17, 15) is 4.79 Å². The zero-order chi connectivity index (χ0) is 19.2. The number of hydrogen-bond acceptors (Lipinski definition) is 7. The normalized spacial score (nSPS) is 14.0. The summed E-state index contributed by atoms with van der Waals surface area (Å²) < 4.78 is 10.2. The molecule has 1 aromatic carbocycles. The van der Waals surface area contributed by atoms with Crippen LogP contribution in [0.2, 0.25) is 5.02 Å². The van der Waals surface area contributed by atoms with Crippen molar-refractivity contribution in [2.45, 2.75) is 6.92 Å². The fourth-order valence-corrected chi connectivity index (χ4v) is 3.02. The summed E-state index contributed by atoms with van der Waals surface area (Å²) in [6.45, 7) is 4.64. The van der Waals surface area contributed by atoms with Crippen LogP contribution in [0.5, 0.6) is 5.75 Å². The van der Waals surface area contributed by atoms with Gasteiger partial charge in [0.1, 0.15) is 11.6 Å². The van der Waals surface area contributed by atoms with E-state index in [1.807, 2.05) is 11.0 Å². The number of ether oxygens (including phenoxy) is 2. The first-order valence-corrected chi connectivity index (χ1v) is 9.08. The number of aromatic nitrogens is 2. The first-order chi connectivity index (χ1) is 13.1. The second-order valence-corrected chi connectivity index (χ2v) is 6.30. The molecule has 0 aliphatic carbocycles. The van der Waals surface area contributed by atoms with Crippen LogP contribution in [-0.4, -0.2) is 60.9 Å². The summed E-state index contributed by atoms with van der Waals surface area (Å²) in [5.41, 5.74) is 0.803. The van der Waals surface area contributed by atoms with Crippen molar-refractivity contribution in [1.29, 1.82) is 0 Å². The highest BCUT2D eigenvalue weighted by Crippen LogP contribution is 2.28. The number of nitrogens with zero attached hydrogens (tertiary/aromatic N) is 4. The molecule has 1 aliphatic rings. The molecule has 1 fully saturated rings. The molecule has 1 saturated heterocycles. The van der Waals surface area contributed by atoms with Gasteiger partial charge in [0.2, 0.25) is 5.95 Å². The largest absolute Gasteiger partial charge is 0.495 e. The molecule has 144 valence electrons. The third kappa shape index (κ3) is 4.71. The van der Waals surface area contributed by atoms with Crippen molar-refractivity contribution < 1.29 is 14.3 Å². The number of hydrogen-bond donors (Lipinski definition) is 1. The molecule has 9 heteroatoms. The predicted octanol–water partition coefficient (Wildman–Crippen LogP) is 3.16. The van der Waals surface area contributed by atoms with Gasteiger partial charge < -0.3 is 24.6 Å². The molecule has 1 aliphatic heterocycles. The number of carbonyl (C=O) groups is 1. The van der Waals surface area contributed by atoms with Gasteiger partial charge in [-0.25, -0.2) is 9.78 Å². The molecule has 0 atom stereocenters. The lowest BCUT2D eigenvalue weighted by molar-refractivity contribution is 0.105. The van der Waals surface area contributed by atoms with Crippen LogP contribution < -0.4 is 15.0 Å². The maximum absolute atomic E-state index is 11.8. The zero-order valence-corrected chi connectivity index (χ0v) is 16.1. The van der Waals surface area contributed by atoms with Crippen molar-refractivity contribution in [2.24, 2.45) is 0 Å². The molecule has 1 N–H and O–H groups in total. The lowest BCUT2D eigenvalue weighted by Gasteiger charge is -2.34. The highest BCUT2D eigenvalue weighted by Gasteiger charge is 2.23. The van der Waals surface area contributed by atoms with Crippen molar-refractivity contribution in [3.8, 4) is 5.75 Å². The Morgan fingerprint density at radius 3 is 2.70 bits per heavy atom. The van der Waals surface area contributed by atoms with E-state index in [2.05, 4.69) is 15.3 Å². The molecule has 3 rings (SSSR count). The lowest BCUT2D eigenvalue weighted by Crippen LogP contribution is -2.49. The van der Waals surface area contributed by atoms with Crippen molar-refractivity contribution in [1.82, 2.24) is 14.9 Å². The van der Waals surface area contributed by atoms with Crippen LogP contribution in [0, 0.1) is 0 Å². The van der Waals surface area contributed by atoms with E-state index in [1.165, 1.54) is 0 Å². The van der Waals surface area contributed by atoms with E-state index in [0.29, 0.717) is 55.3 Å². The SMILES string of the molecule is CCOC(=O)N1CCN(c2nccc(Nc3ccc(OC)c(Cl)c3)n2)CC1. The van der Waals surface area contributed by atoms with Crippen LogP contribution in [0.25, 0.3) is 0 Å². The third-order valence-corrected chi connectivity index (χ3v) is 4.45. The Labute approximate surface area is 163 Å². The summed E-state index contributed by atoms with van der Waals surface area (Å²) in [6, 6.07) is 7.22. The van der Waals surface area contributed by atoms with Gasteiger partial charge in [0.05, 0.1) is 18.7 Å². The van der Waals surface area contributed by atoms with Crippen LogP contribution in [0.1, 0.15) is 6.92 Å². The Morgan fingerprint density at radius 2 is 2.04 bits per heavy atom. The van der Waals surface area contributed by atoms with Crippen molar-refractivity contribution in [3.63, 3.8) is 0 Å². The minimum atomic E-state index is -0.273. The molecule has 0 unspecified atom stereocenters. The van der Waals surface area contributed by atoms with E-state index in [0.717, 1.165) is 5.69 Å². The summed E-state index contributed by atoms with van der Waals surface area (Å²) in [5, 5.41) is 3.74. The summed E-state index contributed by atoms with van der Waals surface area (Å²) in [7, 11) is 1.58. The minimum absolute atomic E-state index is 0.273. The number of rotatable bonds is 5. The van der Waals surface area contributed by atoms with E-state index >= 15 is 0 Å². The number of amides is 1. The Bertz CT molecular complexity index is 796. The van der Waals surface area contributed by atoms with E-state index in [1.54, 1.807) is 43.3 Å². The molecule has 0 spiro atoms. The van der Waals surface area contributed by atoms with Gasteiger partial charge in [0.25, 0.3) is 0 Å². The van der Waals surface area contributed by atoms with Gasteiger partial charge in [-0.15, -0.1) is 0 Å². The van der Waals surface area contributed by atoms with Crippen molar-refractivity contribution in [2.75, 3.05) is 50.1 Å². The Hall–Kier alpha value is -2.74. The number of anilines is 3. The summed E-state index contributed by atoms with van der Waals surface area (Å²) in [5.74, 6) is 1.89. The van der Waals surface area contributed by atoms with E-state index in [-0.39, 0.29) is 6.09 Å². The summed E-state index contributed by atoms with van der Waals surface area (Å²) in [4.78, 5) is 24.5. The first-order valence-electron chi connectivity index (χ1n) is 8.71. The van der Waals surface area contributed by atoms with Crippen molar-refractivity contribution in [3.05, 3.63) is 35.5 Å². The van der Waals surface area contributed by atoms with Crippen LogP contribution in [0.3, 0.4) is 0 Å². The number of carbonyl (C=O) groups excluding carboxylic acids is 1. The predicted molar refractivity (Wildman–Crippen MR) is 104 cm³/mol. The van der Waals surface area contributed by atoms with Gasteiger partial charge in [0, 0.05) is 38.1 Å². The Morgan fingerprint density at radius 1 is 1.26 bits per heavy atom. The highest BCUT2D eigenvalue weighted by molar-refractivity contribution is 6.32. The quantitative estimate of drug-likeness (QED) is 0.838. The molecule has 0 radical (unpaired) electrons. The molecule has 0 bridgehead atoms. The second-order valence-electron chi connectivity index (χ2n) is 5.89. The first kappa shape index (κ1) is 19.0. The van der Waals surface area contributed by atoms with Crippen LogP contribution in [0.15, 0.2) is 30.5 Å². The molecular formula is C18H22ClN5O3. The summed E-state index contributed by atoms with van der Waals surface area (Å²) >= 11 is 6.16. The maximum atomic E-state index is 11.8. The number of piperazine rings is 1. The molecule has 0 saturated carbocycles. The maximum Gasteiger partial charge on any atom is 0.409 e. The van der Waals surface area contributed by atoms with Crippen molar-refractivity contribution >= 4 is 35.1 Å². The third-order valence-electron chi connectivity index (χ3n) is 4.16. The molecule has 1 aromatic heterocycles. The number of halogens is 1. The van der Waals surface area contributed by atoms with Crippen LogP contribution >= 0.6 is 11.6 Å². The zero-order valence-electron chi connectivity index (χ0n) is 15.3. The molecule has 1 amide bonds. The van der Waals surface area contributed by atoms with Gasteiger partial charge in [-0.05, 0) is 31.2 Å². The van der Waals surface area contributed by atoms with Crippen LogP contribution in [-0.2, 0) is 4.74 Å². The standard InChI is InChI=1S/C18H22ClN5O3/c1-3-27-18(25)24-10-8-23(9-11-24)17-20-7-6-16(22-17)21-13-4-5-15(26-2)14(19)12-13/h4-7,12H,3,8-11H2,1-2H3,(H,20,21,22). The average molecular weight is 392 g/mol. The lowest BCUT2D eigenvalue weighted by atomic mass is 10.3. The monoisotopic (exact) mass is 391 g/mol. The van der Waals surface area contributed by atoms with E-state index < -0.39 is 0 Å².